The molecule has 7 heteroatoms. The second-order valence-electron chi connectivity index (χ2n) is 6.23. The van der Waals surface area contributed by atoms with Gasteiger partial charge in [0.15, 0.2) is 11.7 Å². The molecular weight excluding hydrogens is 304 g/mol. The lowest BCUT2D eigenvalue weighted by atomic mass is 10.1. The highest BCUT2D eigenvalue weighted by Crippen LogP contribution is 2.13. The SMILES string of the molecule is CN=C(NCCCn1nc(C)cc1C)NCc1cc(C(C)C)no1. The Hall–Kier alpha value is -2.31. The largest absolute Gasteiger partial charge is 0.359 e. The van der Waals surface area contributed by atoms with Gasteiger partial charge in [-0.15, -0.1) is 0 Å². The second-order valence-corrected chi connectivity index (χ2v) is 6.23. The topological polar surface area (TPSA) is 80.3 Å². The highest BCUT2D eigenvalue weighted by atomic mass is 16.5. The lowest BCUT2D eigenvalue weighted by molar-refractivity contribution is 0.372. The second kappa shape index (κ2) is 8.52. The molecule has 0 saturated heterocycles. The molecule has 0 radical (unpaired) electrons. The molecule has 0 saturated carbocycles. The minimum absolute atomic E-state index is 0.370. The average molecular weight is 332 g/mol. The fourth-order valence-corrected chi connectivity index (χ4v) is 2.41. The maximum absolute atomic E-state index is 5.31. The Kier molecular flexibility index (Phi) is 6.40. The van der Waals surface area contributed by atoms with E-state index < -0.39 is 0 Å². The van der Waals surface area contributed by atoms with Crippen molar-refractivity contribution in [2.24, 2.45) is 4.99 Å². The molecule has 0 unspecified atom stereocenters. The van der Waals surface area contributed by atoms with Crippen molar-refractivity contribution in [1.82, 2.24) is 25.6 Å². The molecule has 0 aliphatic rings. The lowest BCUT2D eigenvalue weighted by Gasteiger charge is -2.11. The summed E-state index contributed by atoms with van der Waals surface area (Å²) in [5, 5.41) is 15.1. The van der Waals surface area contributed by atoms with Crippen molar-refractivity contribution in [1.29, 1.82) is 0 Å². The summed E-state index contributed by atoms with van der Waals surface area (Å²) >= 11 is 0. The zero-order chi connectivity index (χ0) is 17.5. The summed E-state index contributed by atoms with van der Waals surface area (Å²) in [6.07, 6.45) is 0.975. The number of aromatic nitrogens is 3. The lowest BCUT2D eigenvalue weighted by Crippen LogP contribution is -2.37. The van der Waals surface area contributed by atoms with Crippen LogP contribution in [0, 0.1) is 13.8 Å². The third kappa shape index (κ3) is 5.11. The molecule has 0 amide bonds. The third-order valence-electron chi connectivity index (χ3n) is 3.76. The van der Waals surface area contributed by atoms with Gasteiger partial charge in [-0.1, -0.05) is 19.0 Å². The predicted molar refractivity (Wildman–Crippen MR) is 95.1 cm³/mol. The van der Waals surface area contributed by atoms with E-state index in [0.717, 1.165) is 42.6 Å². The monoisotopic (exact) mass is 332 g/mol. The van der Waals surface area contributed by atoms with Crippen molar-refractivity contribution in [2.45, 2.75) is 53.1 Å². The number of aliphatic imine (C=N–C) groups is 1. The number of nitrogens with zero attached hydrogens (tertiary/aromatic N) is 4. The molecule has 0 bridgehead atoms. The van der Waals surface area contributed by atoms with E-state index in [-0.39, 0.29) is 0 Å². The number of hydrogen-bond acceptors (Lipinski definition) is 4. The summed E-state index contributed by atoms with van der Waals surface area (Å²) < 4.78 is 7.35. The summed E-state index contributed by atoms with van der Waals surface area (Å²) in [5.74, 6) is 1.93. The first-order valence-corrected chi connectivity index (χ1v) is 8.40. The summed E-state index contributed by atoms with van der Waals surface area (Å²) in [4.78, 5) is 4.22. The average Bonchev–Trinajstić information content (AvgIpc) is 3.13. The van der Waals surface area contributed by atoms with Gasteiger partial charge in [-0.3, -0.25) is 9.67 Å². The van der Waals surface area contributed by atoms with Crippen LogP contribution in [0.5, 0.6) is 0 Å². The Morgan fingerprint density at radius 2 is 2.08 bits per heavy atom. The normalized spacial score (nSPS) is 12.0. The molecule has 2 heterocycles. The van der Waals surface area contributed by atoms with Gasteiger partial charge in [-0.25, -0.2) is 0 Å². The van der Waals surface area contributed by atoms with Crippen molar-refractivity contribution in [3.63, 3.8) is 0 Å². The van der Waals surface area contributed by atoms with Crippen LogP contribution in [0.4, 0.5) is 0 Å². The quantitative estimate of drug-likeness (QED) is 0.462. The molecule has 0 aliphatic carbocycles. The fraction of sp³-hybridized carbons (Fsp3) is 0.588. The van der Waals surface area contributed by atoms with Gasteiger partial charge >= 0.3 is 0 Å². The molecule has 24 heavy (non-hydrogen) atoms. The van der Waals surface area contributed by atoms with E-state index in [1.54, 1.807) is 7.05 Å². The Balaban J connectivity index is 1.71. The molecule has 7 nitrogen and oxygen atoms in total. The van der Waals surface area contributed by atoms with Crippen molar-refractivity contribution in [3.8, 4) is 0 Å². The van der Waals surface area contributed by atoms with Crippen molar-refractivity contribution in [3.05, 3.63) is 35.0 Å². The Bertz CT molecular complexity index is 670. The van der Waals surface area contributed by atoms with E-state index in [2.05, 4.69) is 52.7 Å². The Labute approximate surface area is 143 Å². The van der Waals surface area contributed by atoms with E-state index in [1.807, 2.05) is 17.7 Å². The van der Waals surface area contributed by atoms with E-state index in [9.17, 15) is 0 Å². The standard InChI is InChI=1S/C17H28N6O/c1-12(2)16-10-15(24-22-16)11-20-17(18-5)19-7-6-8-23-14(4)9-13(3)21-23/h9-10,12H,6-8,11H2,1-5H3,(H2,18,19,20). The van der Waals surface area contributed by atoms with Crippen LogP contribution in [-0.2, 0) is 13.1 Å². The summed E-state index contributed by atoms with van der Waals surface area (Å²) in [6, 6.07) is 4.07. The third-order valence-corrected chi connectivity index (χ3v) is 3.76. The number of nitrogens with one attached hydrogen (secondary N) is 2. The highest BCUT2D eigenvalue weighted by molar-refractivity contribution is 5.79. The molecule has 0 fully saturated rings. The van der Waals surface area contributed by atoms with Crippen LogP contribution in [0.3, 0.4) is 0 Å². The van der Waals surface area contributed by atoms with Gasteiger partial charge in [0.1, 0.15) is 0 Å². The van der Waals surface area contributed by atoms with Gasteiger partial charge in [0.05, 0.1) is 17.9 Å². The van der Waals surface area contributed by atoms with Gasteiger partial charge in [0.2, 0.25) is 0 Å². The maximum atomic E-state index is 5.31. The van der Waals surface area contributed by atoms with E-state index in [4.69, 9.17) is 4.52 Å². The van der Waals surface area contributed by atoms with Crippen molar-refractivity contribution < 1.29 is 4.52 Å². The predicted octanol–water partition coefficient (Wildman–Crippen LogP) is 2.37. The fourth-order valence-electron chi connectivity index (χ4n) is 2.41. The van der Waals surface area contributed by atoms with E-state index in [1.165, 1.54) is 5.69 Å². The molecule has 2 N–H and O–H groups in total. The first-order valence-electron chi connectivity index (χ1n) is 8.40. The molecular formula is C17H28N6O. The zero-order valence-corrected chi connectivity index (χ0v) is 15.3. The molecule has 0 atom stereocenters. The van der Waals surface area contributed by atoms with Crippen LogP contribution < -0.4 is 10.6 Å². The number of rotatable bonds is 7. The van der Waals surface area contributed by atoms with Gasteiger partial charge in [0.25, 0.3) is 0 Å². The van der Waals surface area contributed by atoms with Gasteiger partial charge in [-0.2, -0.15) is 5.10 Å². The summed E-state index contributed by atoms with van der Waals surface area (Å²) in [5.41, 5.74) is 3.23. The van der Waals surface area contributed by atoms with Crippen molar-refractivity contribution in [2.75, 3.05) is 13.6 Å². The number of hydrogen-bond donors (Lipinski definition) is 2. The van der Waals surface area contributed by atoms with Gasteiger partial charge in [0, 0.05) is 31.9 Å². The van der Waals surface area contributed by atoms with Crippen LogP contribution in [0.25, 0.3) is 0 Å². The molecule has 0 spiro atoms. The van der Waals surface area contributed by atoms with Crippen LogP contribution in [-0.4, -0.2) is 34.5 Å². The first-order chi connectivity index (χ1) is 11.5. The van der Waals surface area contributed by atoms with Crippen LogP contribution in [0.1, 0.15) is 49.0 Å². The number of aryl methyl sites for hydroxylation is 3. The minimum atomic E-state index is 0.370. The van der Waals surface area contributed by atoms with Gasteiger partial charge in [-0.05, 0) is 32.3 Å². The smallest absolute Gasteiger partial charge is 0.191 e. The Morgan fingerprint density at radius 1 is 1.29 bits per heavy atom. The summed E-state index contributed by atoms with van der Waals surface area (Å²) in [7, 11) is 1.76. The van der Waals surface area contributed by atoms with Crippen molar-refractivity contribution >= 4 is 5.96 Å². The molecule has 2 aromatic rings. The van der Waals surface area contributed by atoms with Crippen LogP contribution in [0.2, 0.25) is 0 Å². The highest BCUT2D eigenvalue weighted by Gasteiger charge is 2.08. The molecule has 2 aromatic heterocycles. The summed E-state index contributed by atoms with van der Waals surface area (Å²) in [6.45, 7) is 10.6. The first kappa shape index (κ1) is 18.0. The van der Waals surface area contributed by atoms with Crippen LogP contribution >= 0.6 is 0 Å². The zero-order valence-electron chi connectivity index (χ0n) is 15.3. The van der Waals surface area contributed by atoms with E-state index >= 15 is 0 Å². The molecule has 0 aromatic carbocycles. The number of guanidine groups is 1. The van der Waals surface area contributed by atoms with Gasteiger partial charge < -0.3 is 15.2 Å². The molecule has 2 rings (SSSR count). The minimum Gasteiger partial charge on any atom is -0.359 e. The van der Waals surface area contributed by atoms with Crippen LogP contribution in [0.15, 0.2) is 21.6 Å². The Morgan fingerprint density at radius 3 is 2.67 bits per heavy atom. The maximum Gasteiger partial charge on any atom is 0.191 e. The molecule has 132 valence electrons. The van der Waals surface area contributed by atoms with E-state index in [0.29, 0.717) is 12.5 Å². The molecule has 0 aliphatic heterocycles.